The second kappa shape index (κ2) is 5.53. The summed E-state index contributed by atoms with van der Waals surface area (Å²) in [7, 11) is 0. The number of nitrogens with two attached hydrogens (primary N) is 1. The second-order valence-corrected chi connectivity index (χ2v) is 4.42. The molecule has 1 aliphatic heterocycles. The Labute approximate surface area is 106 Å². The smallest absolute Gasteiger partial charge is 0.321 e. The van der Waals surface area contributed by atoms with E-state index in [0.29, 0.717) is 5.69 Å². The number of rotatable bonds is 3. The van der Waals surface area contributed by atoms with Crippen molar-refractivity contribution in [2.75, 3.05) is 18.4 Å². The first kappa shape index (κ1) is 12.4. The third kappa shape index (κ3) is 3.00. The molecule has 1 saturated heterocycles. The lowest BCUT2D eigenvalue weighted by molar-refractivity contribution is -0.117. The number of nitrogens with zero attached hydrogens (tertiary/aromatic N) is 1. The highest BCUT2D eigenvalue weighted by Gasteiger charge is 2.18. The first-order valence-corrected chi connectivity index (χ1v) is 6.09. The molecule has 0 aliphatic carbocycles. The zero-order valence-electron chi connectivity index (χ0n) is 10.2. The van der Waals surface area contributed by atoms with Gasteiger partial charge in [0.2, 0.25) is 5.91 Å². The molecule has 1 aliphatic rings. The lowest BCUT2D eigenvalue weighted by Gasteiger charge is -2.17. The number of likely N-dealkylation sites (tertiary alicyclic amines) is 1. The van der Waals surface area contributed by atoms with Crippen LogP contribution in [0.4, 0.5) is 10.5 Å². The Morgan fingerprint density at radius 1 is 1.22 bits per heavy atom. The molecule has 1 heterocycles. The van der Waals surface area contributed by atoms with Crippen LogP contribution in [0.2, 0.25) is 0 Å². The quantitative estimate of drug-likeness (QED) is 0.845. The van der Waals surface area contributed by atoms with Crippen molar-refractivity contribution in [2.45, 2.75) is 19.3 Å². The highest BCUT2D eigenvalue weighted by molar-refractivity contribution is 5.91. The van der Waals surface area contributed by atoms with Crippen molar-refractivity contribution >= 4 is 17.6 Å². The van der Waals surface area contributed by atoms with E-state index in [1.807, 2.05) is 12.1 Å². The third-order valence-electron chi connectivity index (χ3n) is 3.02. The van der Waals surface area contributed by atoms with E-state index in [0.717, 1.165) is 31.5 Å². The Hall–Kier alpha value is -2.04. The van der Waals surface area contributed by atoms with E-state index in [2.05, 4.69) is 5.32 Å². The van der Waals surface area contributed by atoms with Crippen molar-refractivity contribution < 1.29 is 9.59 Å². The maximum atomic E-state index is 12.0. The number of primary amides is 1. The number of nitrogens with one attached hydrogen (secondary N) is 1. The number of amides is 3. The molecule has 5 heteroatoms. The van der Waals surface area contributed by atoms with Gasteiger partial charge in [0.15, 0.2) is 0 Å². The van der Waals surface area contributed by atoms with Gasteiger partial charge in [0.1, 0.15) is 0 Å². The van der Waals surface area contributed by atoms with Gasteiger partial charge < -0.3 is 16.0 Å². The van der Waals surface area contributed by atoms with Crippen LogP contribution in [0.25, 0.3) is 0 Å². The summed E-state index contributed by atoms with van der Waals surface area (Å²) in [4.78, 5) is 24.7. The summed E-state index contributed by atoms with van der Waals surface area (Å²) in [5.74, 6) is -0.405. The minimum atomic E-state index is -0.405. The van der Waals surface area contributed by atoms with E-state index in [9.17, 15) is 9.59 Å². The molecule has 18 heavy (non-hydrogen) atoms. The van der Waals surface area contributed by atoms with Gasteiger partial charge in [0, 0.05) is 18.8 Å². The van der Waals surface area contributed by atoms with Crippen molar-refractivity contribution in [3.8, 4) is 0 Å². The van der Waals surface area contributed by atoms with Gasteiger partial charge in [-0.3, -0.25) is 4.79 Å². The summed E-state index contributed by atoms with van der Waals surface area (Å²) >= 11 is 0. The number of hydrogen-bond acceptors (Lipinski definition) is 2. The van der Waals surface area contributed by atoms with Crippen molar-refractivity contribution in [3.05, 3.63) is 29.8 Å². The molecule has 0 radical (unpaired) electrons. The summed E-state index contributed by atoms with van der Waals surface area (Å²) in [6, 6.07) is 7.12. The Morgan fingerprint density at radius 3 is 2.56 bits per heavy atom. The van der Waals surface area contributed by atoms with Gasteiger partial charge in [-0.1, -0.05) is 18.2 Å². The number of carbonyl (C=O) groups excluding carboxylic acids is 2. The summed E-state index contributed by atoms with van der Waals surface area (Å²) in [5.41, 5.74) is 6.59. The molecule has 96 valence electrons. The standard InChI is InChI=1S/C13H17N3O2/c14-12(17)9-10-5-1-2-6-11(10)15-13(18)16-7-3-4-8-16/h1-2,5-6H,3-4,7-9H2,(H2,14,17)(H,15,18). The molecule has 3 N–H and O–H groups in total. The van der Waals surface area contributed by atoms with E-state index in [1.54, 1.807) is 17.0 Å². The van der Waals surface area contributed by atoms with Gasteiger partial charge in [0.05, 0.1) is 6.42 Å². The van der Waals surface area contributed by atoms with E-state index in [-0.39, 0.29) is 12.5 Å². The molecule has 2 rings (SSSR count). The molecule has 5 nitrogen and oxygen atoms in total. The molecule has 1 aromatic rings. The molecule has 3 amide bonds. The van der Waals surface area contributed by atoms with Crippen molar-refractivity contribution in [3.63, 3.8) is 0 Å². The van der Waals surface area contributed by atoms with Crippen LogP contribution in [0.15, 0.2) is 24.3 Å². The SMILES string of the molecule is NC(=O)Cc1ccccc1NC(=O)N1CCCC1. The zero-order chi connectivity index (χ0) is 13.0. The minimum Gasteiger partial charge on any atom is -0.369 e. The Bertz CT molecular complexity index is 453. The monoisotopic (exact) mass is 247 g/mol. The highest BCUT2D eigenvalue weighted by Crippen LogP contribution is 2.17. The highest BCUT2D eigenvalue weighted by atomic mass is 16.2. The summed E-state index contributed by atoms with van der Waals surface area (Å²) in [6.07, 6.45) is 2.24. The molecule has 1 fully saturated rings. The summed E-state index contributed by atoms with van der Waals surface area (Å²) < 4.78 is 0. The first-order chi connectivity index (χ1) is 8.66. The van der Waals surface area contributed by atoms with E-state index < -0.39 is 5.91 Å². The molecular weight excluding hydrogens is 230 g/mol. The van der Waals surface area contributed by atoms with Gasteiger partial charge in [-0.05, 0) is 24.5 Å². The maximum Gasteiger partial charge on any atom is 0.321 e. The maximum absolute atomic E-state index is 12.0. The van der Waals surface area contributed by atoms with Crippen LogP contribution < -0.4 is 11.1 Å². The van der Waals surface area contributed by atoms with Crippen LogP contribution in [0, 0.1) is 0 Å². The fraction of sp³-hybridized carbons (Fsp3) is 0.385. The lowest BCUT2D eigenvalue weighted by atomic mass is 10.1. The van der Waals surface area contributed by atoms with Crippen molar-refractivity contribution in [1.82, 2.24) is 4.90 Å². The normalized spacial score (nSPS) is 14.6. The van der Waals surface area contributed by atoms with Gasteiger partial charge in [-0.25, -0.2) is 4.79 Å². The Morgan fingerprint density at radius 2 is 1.89 bits per heavy atom. The molecule has 0 aromatic heterocycles. The fourth-order valence-corrected chi connectivity index (χ4v) is 2.10. The predicted molar refractivity (Wildman–Crippen MR) is 69.2 cm³/mol. The van der Waals surface area contributed by atoms with Gasteiger partial charge in [-0.2, -0.15) is 0 Å². The van der Waals surface area contributed by atoms with Gasteiger partial charge >= 0.3 is 6.03 Å². The molecule has 0 saturated carbocycles. The number of benzene rings is 1. The molecule has 1 aromatic carbocycles. The summed E-state index contributed by atoms with van der Waals surface area (Å²) in [6.45, 7) is 1.59. The average molecular weight is 247 g/mol. The topological polar surface area (TPSA) is 75.4 Å². The van der Waals surface area contributed by atoms with Crippen LogP contribution in [0.3, 0.4) is 0 Å². The molecule has 0 bridgehead atoms. The number of hydrogen-bond donors (Lipinski definition) is 2. The van der Waals surface area contributed by atoms with Crippen molar-refractivity contribution in [2.24, 2.45) is 5.73 Å². The van der Waals surface area contributed by atoms with Crippen LogP contribution in [0.1, 0.15) is 18.4 Å². The number of para-hydroxylation sites is 1. The molecule has 0 atom stereocenters. The molecule has 0 unspecified atom stereocenters. The Balaban J connectivity index is 2.07. The zero-order valence-corrected chi connectivity index (χ0v) is 10.2. The minimum absolute atomic E-state index is 0.107. The number of urea groups is 1. The van der Waals surface area contributed by atoms with Crippen LogP contribution in [-0.4, -0.2) is 29.9 Å². The van der Waals surface area contributed by atoms with Crippen LogP contribution >= 0.6 is 0 Å². The lowest BCUT2D eigenvalue weighted by Crippen LogP contribution is -2.32. The average Bonchev–Trinajstić information content (AvgIpc) is 2.84. The van der Waals surface area contributed by atoms with Crippen molar-refractivity contribution in [1.29, 1.82) is 0 Å². The van der Waals surface area contributed by atoms with Crippen LogP contribution in [0.5, 0.6) is 0 Å². The largest absolute Gasteiger partial charge is 0.369 e. The summed E-state index contributed by atoms with van der Waals surface area (Å²) in [5, 5.41) is 2.84. The number of anilines is 1. The van der Waals surface area contributed by atoms with E-state index in [1.165, 1.54) is 0 Å². The first-order valence-electron chi connectivity index (χ1n) is 6.09. The van der Waals surface area contributed by atoms with Gasteiger partial charge in [-0.15, -0.1) is 0 Å². The van der Waals surface area contributed by atoms with Gasteiger partial charge in [0.25, 0.3) is 0 Å². The third-order valence-corrected chi connectivity index (χ3v) is 3.02. The fourth-order valence-electron chi connectivity index (χ4n) is 2.10. The Kier molecular flexibility index (Phi) is 3.82. The molecule has 0 spiro atoms. The number of carbonyl (C=O) groups is 2. The predicted octanol–water partition coefficient (Wildman–Crippen LogP) is 1.34. The second-order valence-electron chi connectivity index (χ2n) is 4.42. The van der Waals surface area contributed by atoms with E-state index in [4.69, 9.17) is 5.73 Å². The van der Waals surface area contributed by atoms with E-state index >= 15 is 0 Å². The van der Waals surface area contributed by atoms with Crippen LogP contribution in [-0.2, 0) is 11.2 Å². The molecular formula is C13H17N3O2.